The van der Waals surface area contributed by atoms with E-state index in [2.05, 4.69) is 39.9 Å². The van der Waals surface area contributed by atoms with Crippen LogP contribution in [0.3, 0.4) is 0 Å². The molecule has 1 N–H and O–H groups in total. The molecule has 1 aromatic rings. The number of rotatable bonds is 5. The third kappa shape index (κ3) is 6.65. The van der Waals surface area contributed by atoms with E-state index in [1.807, 2.05) is 31.2 Å². The SMILES string of the molecule is Cc1ccc(OC(C)C(=O)NC(C)(C)CC(C)(C)C)cc1. The highest BCUT2D eigenvalue weighted by molar-refractivity contribution is 5.81. The van der Waals surface area contributed by atoms with Crippen LogP contribution in [0.4, 0.5) is 0 Å². The van der Waals surface area contributed by atoms with Crippen LogP contribution in [0.5, 0.6) is 5.75 Å². The Balaban J connectivity index is 2.60. The zero-order valence-electron chi connectivity index (χ0n) is 14.4. The highest BCUT2D eigenvalue weighted by Crippen LogP contribution is 2.27. The van der Waals surface area contributed by atoms with E-state index < -0.39 is 6.10 Å². The molecule has 0 saturated heterocycles. The zero-order chi connectivity index (χ0) is 16.3. The number of amides is 1. The number of hydrogen-bond acceptors (Lipinski definition) is 2. The summed E-state index contributed by atoms with van der Waals surface area (Å²) >= 11 is 0. The molecule has 0 aliphatic heterocycles. The maximum atomic E-state index is 12.3. The number of carbonyl (C=O) groups excluding carboxylic acids is 1. The first-order valence-corrected chi connectivity index (χ1v) is 7.54. The van der Waals surface area contributed by atoms with Gasteiger partial charge in [-0.3, -0.25) is 4.79 Å². The van der Waals surface area contributed by atoms with Gasteiger partial charge in [0.1, 0.15) is 5.75 Å². The Morgan fingerprint density at radius 1 is 1.14 bits per heavy atom. The lowest BCUT2D eigenvalue weighted by Crippen LogP contribution is -2.50. The van der Waals surface area contributed by atoms with Crippen LogP contribution in [0.15, 0.2) is 24.3 Å². The third-order valence-electron chi connectivity index (χ3n) is 3.14. The van der Waals surface area contributed by atoms with Gasteiger partial charge >= 0.3 is 0 Å². The summed E-state index contributed by atoms with van der Waals surface area (Å²) in [6, 6.07) is 7.73. The molecular weight excluding hydrogens is 262 g/mol. The molecule has 0 bridgehead atoms. The van der Waals surface area contributed by atoms with Crippen LogP contribution in [-0.2, 0) is 4.79 Å². The molecule has 0 radical (unpaired) electrons. The number of ether oxygens (including phenoxy) is 1. The Morgan fingerprint density at radius 2 is 1.67 bits per heavy atom. The minimum absolute atomic E-state index is 0.0789. The van der Waals surface area contributed by atoms with Crippen molar-refractivity contribution in [2.24, 2.45) is 5.41 Å². The van der Waals surface area contributed by atoms with Crippen molar-refractivity contribution >= 4 is 5.91 Å². The molecule has 1 aromatic carbocycles. The highest BCUT2D eigenvalue weighted by Gasteiger charge is 2.29. The van der Waals surface area contributed by atoms with Crippen molar-refractivity contribution < 1.29 is 9.53 Å². The average Bonchev–Trinajstić information content (AvgIpc) is 2.28. The van der Waals surface area contributed by atoms with Gasteiger partial charge in [-0.2, -0.15) is 0 Å². The van der Waals surface area contributed by atoms with E-state index in [1.54, 1.807) is 6.92 Å². The Hall–Kier alpha value is -1.51. The first-order valence-electron chi connectivity index (χ1n) is 7.54. The topological polar surface area (TPSA) is 38.3 Å². The van der Waals surface area contributed by atoms with Gasteiger partial charge in [0.2, 0.25) is 0 Å². The summed E-state index contributed by atoms with van der Waals surface area (Å²) < 4.78 is 5.70. The fourth-order valence-electron chi connectivity index (χ4n) is 2.68. The van der Waals surface area contributed by atoms with Crippen molar-refractivity contribution in [2.45, 2.75) is 66.5 Å². The molecule has 0 fully saturated rings. The van der Waals surface area contributed by atoms with Gasteiger partial charge in [0.05, 0.1) is 0 Å². The molecule has 1 amide bonds. The average molecular weight is 291 g/mol. The van der Waals surface area contributed by atoms with Crippen LogP contribution in [0.1, 0.15) is 53.5 Å². The van der Waals surface area contributed by atoms with Crippen molar-refractivity contribution in [1.29, 1.82) is 0 Å². The van der Waals surface area contributed by atoms with Gasteiger partial charge in [-0.1, -0.05) is 38.5 Å². The maximum absolute atomic E-state index is 12.3. The van der Waals surface area contributed by atoms with Crippen molar-refractivity contribution in [3.05, 3.63) is 29.8 Å². The highest BCUT2D eigenvalue weighted by atomic mass is 16.5. The Kier molecular flexibility index (Phi) is 5.43. The molecule has 0 aliphatic carbocycles. The molecular formula is C18H29NO2. The second-order valence-corrected chi connectivity index (χ2v) is 7.68. The summed E-state index contributed by atoms with van der Waals surface area (Å²) in [6.07, 6.45) is 0.398. The van der Waals surface area contributed by atoms with Crippen molar-refractivity contribution in [3.8, 4) is 5.75 Å². The van der Waals surface area contributed by atoms with E-state index >= 15 is 0 Å². The lowest BCUT2D eigenvalue weighted by Gasteiger charge is -2.34. The Labute approximate surface area is 129 Å². The van der Waals surface area contributed by atoms with Gasteiger partial charge in [0.25, 0.3) is 5.91 Å². The van der Waals surface area contributed by atoms with Crippen LogP contribution in [0, 0.1) is 12.3 Å². The third-order valence-corrected chi connectivity index (χ3v) is 3.14. The maximum Gasteiger partial charge on any atom is 0.261 e. The number of carbonyl (C=O) groups is 1. The number of aryl methyl sites for hydroxylation is 1. The van der Waals surface area contributed by atoms with E-state index in [9.17, 15) is 4.79 Å². The van der Waals surface area contributed by atoms with Crippen molar-refractivity contribution in [2.75, 3.05) is 0 Å². The summed E-state index contributed by atoms with van der Waals surface area (Å²) in [6.45, 7) is 14.4. The van der Waals surface area contributed by atoms with Gasteiger partial charge < -0.3 is 10.1 Å². The van der Waals surface area contributed by atoms with E-state index in [-0.39, 0.29) is 16.9 Å². The molecule has 118 valence electrons. The number of benzene rings is 1. The van der Waals surface area contributed by atoms with E-state index in [0.717, 1.165) is 12.2 Å². The number of nitrogens with one attached hydrogen (secondary N) is 1. The summed E-state index contributed by atoms with van der Waals surface area (Å²) in [5.74, 6) is 0.640. The molecule has 0 heterocycles. The first kappa shape index (κ1) is 17.5. The summed E-state index contributed by atoms with van der Waals surface area (Å²) in [5.41, 5.74) is 1.09. The van der Waals surface area contributed by atoms with E-state index in [4.69, 9.17) is 4.74 Å². The second kappa shape index (κ2) is 6.50. The normalized spacial score (nSPS) is 13.7. The first-order chi connectivity index (χ1) is 9.48. The quantitative estimate of drug-likeness (QED) is 0.887. The molecule has 0 saturated carbocycles. The van der Waals surface area contributed by atoms with Gasteiger partial charge in [-0.25, -0.2) is 0 Å². The van der Waals surface area contributed by atoms with Crippen LogP contribution in [0.2, 0.25) is 0 Å². The van der Waals surface area contributed by atoms with Gasteiger partial charge in [0.15, 0.2) is 6.10 Å². The molecule has 1 unspecified atom stereocenters. The fraction of sp³-hybridized carbons (Fsp3) is 0.611. The van der Waals surface area contributed by atoms with Gasteiger partial charge in [-0.15, -0.1) is 0 Å². The minimum atomic E-state index is -0.507. The summed E-state index contributed by atoms with van der Waals surface area (Å²) in [7, 11) is 0. The predicted molar refractivity (Wildman–Crippen MR) is 87.6 cm³/mol. The smallest absolute Gasteiger partial charge is 0.261 e. The molecule has 3 nitrogen and oxygen atoms in total. The van der Waals surface area contributed by atoms with Crippen LogP contribution < -0.4 is 10.1 Å². The van der Waals surface area contributed by atoms with E-state index in [1.165, 1.54) is 5.56 Å². The number of hydrogen-bond donors (Lipinski definition) is 1. The monoisotopic (exact) mass is 291 g/mol. The molecule has 0 aromatic heterocycles. The fourth-order valence-corrected chi connectivity index (χ4v) is 2.68. The molecule has 21 heavy (non-hydrogen) atoms. The summed E-state index contributed by atoms with van der Waals surface area (Å²) in [5, 5.41) is 3.08. The van der Waals surface area contributed by atoms with E-state index in [0.29, 0.717) is 0 Å². The Bertz CT molecular complexity index is 469. The van der Waals surface area contributed by atoms with Crippen molar-refractivity contribution in [1.82, 2.24) is 5.32 Å². The minimum Gasteiger partial charge on any atom is -0.481 e. The second-order valence-electron chi connectivity index (χ2n) is 7.68. The van der Waals surface area contributed by atoms with Crippen molar-refractivity contribution in [3.63, 3.8) is 0 Å². The lowest BCUT2D eigenvalue weighted by molar-refractivity contribution is -0.129. The van der Waals surface area contributed by atoms with Gasteiger partial charge in [-0.05, 0) is 51.7 Å². The Morgan fingerprint density at radius 3 is 2.14 bits per heavy atom. The lowest BCUT2D eigenvalue weighted by atomic mass is 9.81. The molecule has 3 heteroatoms. The van der Waals surface area contributed by atoms with Crippen LogP contribution in [0.25, 0.3) is 0 Å². The standard InChI is InChI=1S/C18H29NO2/c1-13-8-10-15(11-9-13)21-14(2)16(20)19-18(6,7)12-17(3,4)5/h8-11,14H,12H2,1-7H3,(H,19,20). The van der Waals surface area contributed by atoms with Gasteiger partial charge in [0, 0.05) is 5.54 Å². The zero-order valence-corrected chi connectivity index (χ0v) is 14.4. The summed E-state index contributed by atoms with van der Waals surface area (Å²) in [4.78, 5) is 12.3. The van der Waals surface area contributed by atoms with Crippen LogP contribution in [-0.4, -0.2) is 17.6 Å². The molecule has 1 atom stereocenters. The predicted octanol–water partition coefficient (Wildman–Crippen LogP) is 4.09. The molecule has 0 aliphatic rings. The van der Waals surface area contributed by atoms with Crippen LogP contribution >= 0.6 is 0 Å². The largest absolute Gasteiger partial charge is 0.481 e. The molecule has 0 spiro atoms. The molecule has 1 rings (SSSR count).